The zero-order valence-electron chi connectivity index (χ0n) is 12.9. The number of hydrogen-bond acceptors (Lipinski definition) is 3. The minimum Gasteiger partial charge on any atom is -0.487 e. The monoisotopic (exact) mass is 289 g/mol. The molecule has 0 spiro atoms. The molecule has 0 aliphatic carbocycles. The molecule has 4 nitrogen and oxygen atoms in total. The number of fused-ring (bicyclic) bond motifs is 1. The molecule has 114 valence electrons. The van der Waals surface area contributed by atoms with E-state index in [1.165, 1.54) is 0 Å². The Labute approximate surface area is 125 Å². The molecule has 0 saturated carbocycles. The number of ether oxygens (including phenoxy) is 1. The van der Waals surface area contributed by atoms with E-state index in [4.69, 9.17) is 4.74 Å². The molecule has 1 aromatic carbocycles. The standard InChI is InChI=1S/C17H23NO3/c1-11-8-9-18(15(11)16(19)20)13-10-17(2,3)21-14-7-5-4-6-12(13)14/h4-7,11,13,15H,8-10H2,1-3H3,(H,19,20). The fourth-order valence-electron chi connectivity index (χ4n) is 3.77. The Hall–Kier alpha value is -1.55. The molecule has 3 rings (SSSR count). The van der Waals surface area contributed by atoms with E-state index in [9.17, 15) is 9.90 Å². The highest BCUT2D eigenvalue weighted by Crippen LogP contribution is 2.45. The summed E-state index contributed by atoms with van der Waals surface area (Å²) in [6, 6.07) is 7.75. The topological polar surface area (TPSA) is 49.8 Å². The minimum absolute atomic E-state index is 0.121. The van der Waals surface area contributed by atoms with Crippen LogP contribution in [0, 0.1) is 5.92 Å². The van der Waals surface area contributed by atoms with Crippen LogP contribution < -0.4 is 4.74 Å². The average molecular weight is 289 g/mol. The van der Waals surface area contributed by atoms with Crippen LogP contribution in [0.4, 0.5) is 0 Å². The van der Waals surface area contributed by atoms with Crippen molar-refractivity contribution in [2.24, 2.45) is 5.92 Å². The molecule has 0 amide bonds. The van der Waals surface area contributed by atoms with Gasteiger partial charge in [0, 0.05) is 18.0 Å². The molecule has 1 saturated heterocycles. The van der Waals surface area contributed by atoms with E-state index in [0.717, 1.165) is 30.7 Å². The van der Waals surface area contributed by atoms with Gasteiger partial charge in [0.15, 0.2) is 0 Å². The Bertz CT molecular complexity index is 555. The van der Waals surface area contributed by atoms with Crippen molar-refractivity contribution in [1.29, 1.82) is 0 Å². The lowest BCUT2D eigenvalue weighted by atomic mass is 9.88. The second-order valence-electron chi connectivity index (χ2n) is 6.91. The van der Waals surface area contributed by atoms with Gasteiger partial charge >= 0.3 is 5.97 Å². The molecule has 3 unspecified atom stereocenters. The van der Waals surface area contributed by atoms with Crippen molar-refractivity contribution in [3.8, 4) is 5.75 Å². The Morgan fingerprint density at radius 3 is 2.81 bits per heavy atom. The number of likely N-dealkylation sites (tertiary alicyclic amines) is 1. The quantitative estimate of drug-likeness (QED) is 0.909. The van der Waals surface area contributed by atoms with Crippen molar-refractivity contribution >= 4 is 5.97 Å². The number of rotatable bonds is 2. The van der Waals surface area contributed by atoms with Crippen molar-refractivity contribution in [1.82, 2.24) is 4.90 Å². The number of carboxylic acids is 1. The predicted octanol–water partition coefficient (Wildman–Crippen LogP) is 3.08. The van der Waals surface area contributed by atoms with Crippen LogP contribution in [0.15, 0.2) is 24.3 Å². The third-order valence-corrected chi connectivity index (χ3v) is 4.74. The lowest BCUT2D eigenvalue weighted by Gasteiger charge is -2.42. The fraction of sp³-hybridized carbons (Fsp3) is 0.588. The van der Waals surface area contributed by atoms with E-state index in [0.29, 0.717) is 0 Å². The van der Waals surface area contributed by atoms with E-state index in [1.807, 2.05) is 25.1 Å². The van der Waals surface area contributed by atoms with Gasteiger partial charge in [-0.25, -0.2) is 0 Å². The molecule has 1 N–H and O–H groups in total. The molecule has 0 radical (unpaired) electrons. The third kappa shape index (κ3) is 2.53. The number of carboxylic acid groups (broad SMARTS) is 1. The largest absolute Gasteiger partial charge is 0.487 e. The van der Waals surface area contributed by atoms with Crippen molar-refractivity contribution < 1.29 is 14.6 Å². The summed E-state index contributed by atoms with van der Waals surface area (Å²) in [4.78, 5) is 13.8. The zero-order chi connectivity index (χ0) is 15.2. The molecule has 1 aromatic rings. The van der Waals surface area contributed by atoms with Crippen molar-refractivity contribution in [3.63, 3.8) is 0 Å². The number of nitrogens with zero attached hydrogens (tertiary/aromatic N) is 1. The fourth-order valence-corrected chi connectivity index (χ4v) is 3.77. The molecule has 0 bridgehead atoms. The zero-order valence-corrected chi connectivity index (χ0v) is 12.9. The van der Waals surface area contributed by atoms with E-state index < -0.39 is 12.0 Å². The van der Waals surface area contributed by atoms with E-state index in [1.54, 1.807) is 0 Å². The first-order chi connectivity index (χ1) is 9.89. The van der Waals surface area contributed by atoms with Gasteiger partial charge < -0.3 is 9.84 Å². The van der Waals surface area contributed by atoms with Crippen LogP contribution in [0.5, 0.6) is 5.75 Å². The lowest BCUT2D eigenvalue weighted by molar-refractivity contribution is -0.145. The average Bonchev–Trinajstić information content (AvgIpc) is 2.78. The molecule has 2 aliphatic heterocycles. The molecule has 0 aromatic heterocycles. The van der Waals surface area contributed by atoms with Gasteiger partial charge in [0.25, 0.3) is 0 Å². The van der Waals surface area contributed by atoms with Crippen LogP contribution in [0.1, 0.15) is 45.2 Å². The number of benzene rings is 1. The van der Waals surface area contributed by atoms with Gasteiger partial charge in [0.1, 0.15) is 17.4 Å². The summed E-state index contributed by atoms with van der Waals surface area (Å²) in [7, 11) is 0. The molecule has 21 heavy (non-hydrogen) atoms. The van der Waals surface area contributed by atoms with Crippen LogP contribution in [-0.2, 0) is 4.79 Å². The van der Waals surface area contributed by atoms with E-state index in [-0.39, 0.29) is 17.6 Å². The first-order valence-electron chi connectivity index (χ1n) is 7.65. The van der Waals surface area contributed by atoms with Crippen molar-refractivity contribution in [2.45, 2.75) is 51.3 Å². The van der Waals surface area contributed by atoms with Gasteiger partial charge in [0.05, 0.1) is 0 Å². The number of carbonyl (C=O) groups is 1. The maximum absolute atomic E-state index is 11.7. The summed E-state index contributed by atoms with van der Waals surface area (Å²) in [5.74, 6) is 0.379. The number of hydrogen-bond donors (Lipinski definition) is 1. The van der Waals surface area contributed by atoms with E-state index >= 15 is 0 Å². The maximum Gasteiger partial charge on any atom is 0.321 e. The summed E-state index contributed by atoms with van der Waals surface area (Å²) in [5, 5.41) is 9.59. The lowest BCUT2D eigenvalue weighted by Crippen LogP contribution is -2.46. The minimum atomic E-state index is -0.707. The van der Waals surface area contributed by atoms with Gasteiger partial charge in [-0.3, -0.25) is 9.69 Å². The molecule has 2 heterocycles. The second-order valence-corrected chi connectivity index (χ2v) is 6.91. The van der Waals surface area contributed by atoms with Gasteiger partial charge in [-0.15, -0.1) is 0 Å². The Morgan fingerprint density at radius 1 is 1.38 bits per heavy atom. The summed E-state index contributed by atoms with van der Waals surface area (Å²) in [6.07, 6.45) is 1.76. The highest BCUT2D eigenvalue weighted by Gasteiger charge is 2.45. The van der Waals surface area contributed by atoms with Crippen LogP contribution in [0.25, 0.3) is 0 Å². The SMILES string of the molecule is CC1CCN(C2CC(C)(C)Oc3ccccc32)C1C(=O)O. The van der Waals surface area contributed by atoms with Crippen LogP contribution in [0.2, 0.25) is 0 Å². The highest BCUT2D eigenvalue weighted by molar-refractivity contribution is 5.74. The van der Waals surface area contributed by atoms with Crippen LogP contribution >= 0.6 is 0 Å². The summed E-state index contributed by atoms with van der Waals surface area (Å²) in [5.41, 5.74) is 0.852. The summed E-state index contributed by atoms with van der Waals surface area (Å²) in [6.45, 7) is 7.03. The van der Waals surface area contributed by atoms with Crippen LogP contribution in [-0.4, -0.2) is 34.2 Å². The van der Waals surface area contributed by atoms with Crippen molar-refractivity contribution in [3.05, 3.63) is 29.8 Å². The number of aliphatic carboxylic acids is 1. The Morgan fingerprint density at radius 2 is 2.10 bits per heavy atom. The summed E-state index contributed by atoms with van der Waals surface area (Å²) < 4.78 is 6.06. The molecular weight excluding hydrogens is 266 g/mol. The molecule has 4 heteroatoms. The number of para-hydroxylation sites is 1. The Balaban J connectivity index is 2.00. The first-order valence-corrected chi connectivity index (χ1v) is 7.65. The van der Waals surface area contributed by atoms with E-state index in [2.05, 4.69) is 24.8 Å². The van der Waals surface area contributed by atoms with Gasteiger partial charge in [-0.2, -0.15) is 0 Å². The van der Waals surface area contributed by atoms with Crippen LogP contribution in [0.3, 0.4) is 0 Å². The third-order valence-electron chi connectivity index (χ3n) is 4.74. The Kier molecular flexibility index (Phi) is 3.44. The molecule has 2 aliphatic rings. The molecular formula is C17H23NO3. The second kappa shape index (κ2) is 5.02. The molecule has 1 fully saturated rings. The smallest absolute Gasteiger partial charge is 0.321 e. The normalized spacial score (nSPS) is 31.5. The maximum atomic E-state index is 11.7. The van der Waals surface area contributed by atoms with Gasteiger partial charge in [-0.05, 0) is 38.8 Å². The van der Waals surface area contributed by atoms with Gasteiger partial charge in [0.2, 0.25) is 0 Å². The van der Waals surface area contributed by atoms with Gasteiger partial charge in [-0.1, -0.05) is 25.1 Å². The molecule has 3 atom stereocenters. The summed E-state index contributed by atoms with van der Waals surface area (Å²) >= 11 is 0. The first kappa shape index (κ1) is 14.4. The predicted molar refractivity (Wildman–Crippen MR) is 80.4 cm³/mol. The van der Waals surface area contributed by atoms with Crippen molar-refractivity contribution in [2.75, 3.05) is 6.54 Å². The highest BCUT2D eigenvalue weighted by atomic mass is 16.5.